The van der Waals surface area contributed by atoms with Crippen molar-refractivity contribution in [3.05, 3.63) is 48.0 Å². The Morgan fingerprint density at radius 1 is 1.37 bits per heavy atom. The first kappa shape index (κ1) is 13.1. The van der Waals surface area contributed by atoms with E-state index in [4.69, 9.17) is 5.11 Å². The number of aryl methyl sites for hydroxylation is 2. The van der Waals surface area contributed by atoms with Crippen LogP contribution in [-0.2, 0) is 18.4 Å². The molecule has 1 heterocycles. The molecule has 1 aromatic carbocycles. The zero-order chi connectivity index (χ0) is 13.8. The van der Waals surface area contributed by atoms with Crippen LogP contribution in [0.2, 0.25) is 0 Å². The Morgan fingerprint density at radius 3 is 2.58 bits per heavy atom. The number of carboxylic acids is 1. The second-order valence-corrected chi connectivity index (χ2v) is 4.58. The fourth-order valence-corrected chi connectivity index (χ4v) is 1.89. The molecule has 0 bridgehead atoms. The number of rotatable bonds is 5. The molecule has 0 amide bonds. The summed E-state index contributed by atoms with van der Waals surface area (Å²) in [7, 11) is 1.90. The summed E-state index contributed by atoms with van der Waals surface area (Å²) in [6, 6.07) is 7.84. The summed E-state index contributed by atoms with van der Waals surface area (Å²) in [5, 5.41) is 9.03. The van der Waals surface area contributed by atoms with Crippen LogP contribution in [0.25, 0.3) is 0 Å². The lowest BCUT2D eigenvalue weighted by molar-refractivity contribution is -0.135. The van der Waals surface area contributed by atoms with Gasteiger partial charge in [-0.2, -0.15) is 0 Å². The van der Waals surface area contributed by atoms with Crippen molar-refractivity contribution in [2.45, 2.75) is 13.5 Å². The van der Waals surface area contributed by atoms with Gasteiger partial charge in [-0.15, -0.1) is 0 Å². The molecule has 100 valence electrons. The lowest BCUT2D eigenvalue weighted by Crippen LogP contribution is -2.29. The molecule has 0 saturated carbocycles. The van der Waals surface area contributed by atoms with Gasteiger partial charge in [0.2, 0.25) is 0 Å². The Balaban J connectivity index is 2.23. The van der Waals surface area contributed by atoms with Gasteiger partial charge in [-0.05, 0) is 19.1 Å². The third-order valence-electron chi connectivity index (χ3n) is 2.99. The number of nitrogens with zero attached hydrogens (tertiary/aromatic N) is 3. The molecule has 0 unspecified atom stereocenters. The highest BCUT2D eigenvalue weighted by Gasteiger charge is 2.12. The average molecular weight is 259 g/mol. The van der Waals surface area contributed by atoms with Crippen LogP contribution in [0.1, 0.15) is 11.3 Å². The SMILES string of the molecule is Cc1ccc(N(CC(=O)O)Cc2cncn2C)cc1. The van der Waals surface area contributed by atoms with E-state index < -0.39 is 5.97 Å². The number of anilines is 1. The summed E-state index contributed by atoms with van der Waals surface area (Å²) in [5.41, 5.74) is 3.02. The number of carboxylic acid groups (broad SMARTS) is 1. The van der Waals surface area contributed by atoms with Crippen LogP contribution in [-0.4, -0.2) is 27.2 Å². The number of hydrogen-bond donors (Lipinski definition) is 1. The van der Waals surface area contributed by atoms with Gasteiger partial charge in [0.05, 0.1) is 18.6 Å². The Morgan fingerprint density at radius 2 is 2.05 bits per heavy atom. The smallest absolute Gasteiger partial charge is 0.323 e. The van der Waals surface area contributed by atoms with Crippen molar-refractivity contribution >= 4 is 11.7 Å². The minimum Gasteiger partial charge on any atom is -0.480 e. The van der Waals surface area contributed by atoms with Crippen LogP contribution in [0.4, 0.5) is 5.69 Å². The minimum absolute atomic E-state index is 0.0335. The predicted molar refractivity (Wildman–Crippen MR) is 73.1 cm³/mol. The first-order valence-corrected chi connectivity index (χ1v) is 6.05. The van der Waals surface area contributed by atoms with Gasteiger partial charge in [0.15, 0.2) is 0 Å². The van der Waals surface area contributed by atoms with E-state index in [-0.39, 0.29) is 6.54 Å². The van der Waals surface area contributed by atoms with Crippen LogP contribution in [0, 0.1) is 6.92 Å². The van der Waals surface area contributed by atoms with Gasteiger partial charge < -0.3 is 14.6 Å². The summed E-state index contributed by atoms with van der Waals surface area (Å²) >= 11 is 0. The van der Waals surface area contributed by atoms with Crippen molar-refractivity contribution in [1.29, 1.82) is 0 Å². The normalized spacial score (nSPS) is 10.4. The van der Waals surface area contributed by atoms with Crippen LogP contribution >= 0.6 is 0 Å². The standard InChI is InChI=1S/C14H17N3O2/c1-11-3-5-12(6-4-11)17(9-14(18)19)8-13-7-15-10-16(13)2/h3-7,10H,8-9H2,1-2H3,(H,18,19). The second-order valence-electron chi connectivity index (χ2n) is 4.58. The van der Waals surface area contributed by atoms with E-state index in [1.807, 2.05) is 47.7 Å². The fraction of sp³-hybridized carbons (Fsp3) is 0.286. The summed E-state index contributed by atoms with van der Waals surface area (Å²) in [6.07, 6.45) is 3.46. The van der Waals surface area contributed by atoms with Crippen LogP contribution in [0.3, 0.4) is 0 Å². The van der Waals surface area contributed by atoms with Crippen LogP contribution < -0.4 is 4.90 Å². The molecule has 5 heteroatoms. The van der Waals surface area contributed by atoms with Crippen molar-refractivity contribution in [2.75, 3.05) is 11.4 Å². The predicted octanol–water partition coefficient (Wildman–Crippen LogP) is 1.82. The Labute approximate surface area is 112 Å². The molecule has 1 N–H and O–H groups in total. The molecule has 0 saturated heterocycles. The highest BCUT2D eigenvalue weighted by atomic mass is 16.4. The summed E-state index contributed by atoms with van der Waals surface area (Å²) < 4.78 is 1.89. The first-order valence-electron chi connectivity index (χ1n) is 6.05. The third-order valence-corrected chi connectivity index (χ3v) is 2.99. The zero-order valence-electron chi connectivity index (χ0n) is 11.1. The van der Waals surface area contributed by atoms with Crippen molar-refractivity contribution in [1.82, 2.24) is 9.55 Å². The number of aliphatic carboxylic acids is 1. The summed E-state index contributed by atoms with van der Waals surface area (Å²) in [4.78, 5) is 16.9. The number of carbonyl (C=O) groups is 1. The largest absolute Gasteiger partial charge is 0.480 e. The second kappa shape index (κ2) is 5.56. The van der Waals surface area contributed by atoms with E-state index in [9.17, 15) is 4.79 Å². The average Bonchev–Trinajstić information content (AvgIpc) is 2.75. The lowest BCUT2D eigenvalue weighted by Gasteiger charge is -2.23. The van der Waals surface area contributed by atoms with Crippen molar-refractivity contribution in [3.63, 3.8) is 0 Å². The maximum absolute atomic E-state index is 11.0. The zero-order valence-corrected chi connectivity index (χ0v) is 11.1. The Kier molecular flexibility index (Phi) is 3.85. The van der Waals surface area contributed by atoms with Crippen LogP contribution in [0.5, 0.6) is 0 Å². The topological polar surface area (TPSA) is 58.4 Å². The monoisotopic (exact) mass is 259 g/mol. The molecule has 19 heavy (non-hydrogen) atoms. The van der Waals surface area contributed by atoms with Gasteiger partial charge >= 0.3 is 5.97 Å². The van der Waals surface area contributed by atoms with Gasteiger partial charge in [-0.3, -0.25) is 4.79 Å². The molecule has 0 spiro atoms. The first-order chi connectivity index (χ1) is 9.06. The molecule has 2 rings (SSSR count). The molecule has 0 aliphatic carbocycles. The third kappa shape index (κ3) is 3.34. The molecule has 0 fully saturated rings. The number of imidazole rings is 1. The van der Waals surface area contributed by atoms with Gasteiger partial charge in [-0.25, -0.2) is 4.98 Å². The summed E-state index contributed by atoms with van der Waals surface area (Å²) in [5.74, 6) is -0.845. The molecule has 1 aromatic heterocycles. The van der Waals surface area contributed by atoms with E-state index in [0.29, 0.717) is 6.54 Å². The number of benzene rings is 1. The molecule has 2 aromatic rings. The van der Waals surface area contributed by atoms with Crippen LogP contribution in [0.15, 0.2) is 36.8 Å². The maximum Gasteiger partial charge on any atom is 0.323 e. The van der Waals surface area contributed by atoms with Crippen molar-refractivity contribution < 1.29 is 9.90 Å². The molecular formula is C14H17N3O2. The summed E-state index contributed by atoms with van der Waals surface area (Å²) in [6.45, 7) is 2.49. The van der Waals surface area contributed by atoms with Gasteiger partial charge in [0.1, 0.15) is 6.54 Å². The van der Waals surface area contributed by atoms with Gasteiger partial charge in [0, 0.05) is 18.9 Å². The number of aromatic nitrogens is 2. The lowest BCUT2D eigenvalue weighted by atomic mass is 10.2. The molecule has 5 nitrogen and oxygen atoms in total. The van der Waals surface area contributed by atoms with E-state index in [0.717, 1.165) is 16.9 Å². The fourth-order valence-electron chi connectivity index (χ4n) is 1.89. The van der Waals surface area contributed by atoms with Gasteiger partial charge in [0.25, 0.3) is 0 Å². The highest BCUT2D eigenvalue weighted by molar-refractivity contribution is 5.73. The van der Waals surface area contributed by atoms with Crippen molar-refractivity contribution in [2.24, 2.45) is 7.05 Å². The molecule has 0 aliphatic rings. The van der Waals surface area contributed by atoms with E-state index >= 15 is 0 Å². The van der Waals surface area contributed by atoms with E-state index in [1.54, 1.807) is 12.5 Å². The minimum atomic E-state index is -0.845. The van der Waals surface area contributed by atoms with E-state index in [1.165, 1.54) is 0 Å². The van der Waals surface area contributed by atoms with E-state index in [2.05, 4.69) is 4.98 Å². The quantitative estimate of drug-likeness (QED) is 0.889. The molecule has 0 atom stereocenters. The number of hydrogen-bond acceptors (Lipinski definition) is 3. The maximum atomic E-state index is 11.0. The Hall–Kier alpha value is -2.30. The van der Waals surface area contributed by atoms with Gasteiger partial charge in [-0.1, -0.05) is 17.7 Å². The molecule has 0 radical (unpaired) electrons. The molecule has 0 aliphatic heterocycles. The Bertz CT molecular complexity index is 560. The van der Waals surface area contributed by atoms with Crippen molar-refractivity contribution in [3.8, 4) is 0 Å². The highest BCUT2D eigenvalue weighted by Crippen LogP contribution is 2.17. The molecular weight excluding hydrogens is 242 g/mol.